The third kappa shape index (κ3) is 5.20. The van der Waals surface area contributed by atoms with Crippen molar-refractivity contribution in [3.8, 4) is 5.75 Å². The van der Waals surface area contributed by atoms with Crippen LogP contribution in [0.15, 0.2) is 52.3 Å². The Morgan fingerprint density at radius 2 is 1.92 bits per heavy atom. The van der Waals surface area contributed by atoms with E-state index in [9.17, 15) is 14.3 Å². The highest BCUT2D eigenvalue weighted by Crippen LogP contribution is 2.34. The first-order valence-corrected chi connectivity index (χ1v) is 9.28. The molecule has 2 aromatic rings. The number of halogens is 1. The highest BCUT2D eigenvalue weighted by molar-refractivity contribution is 7.99. The molecule has 0 radical (unpaired) electrons. The minimum atomic E-state index is -0.303. The summed E-state index contributed by atoms with van der Waals surface area (Å²) >= 11 is 1.31. The minimum Gasteiger partial charge on any atom is -0.507 e. The van der Waals surface area contributed by atoms with Crippen LogP contribution < -0.4 is 5.32 Å². The molecule has 1 heterocycles. The molecule has 26 heavy (non-hydrogen) atoms. The van der Waals surface area contributed by atoms with Crippen LogP contribution in [0.5, 0.6) is 5.75 Å². The number of nitrogens with one attached hydrogen (secondary N) is 1. The lowest BCUT2D eigenvalue weighted by molar-refractivity contribution is 0.0383. The van der Waals surface area contributed by atoms with Crippen LogP contribution in [0.3, 0.4) is 0 Å². The summed E-state index contributed by atoms with van der Waals surface area (Å²) in [4.78, 5) is 15.9. The summed E-state index contributed by atoms with van der Waals surface area (Å²) in [6.07, 6.45) is 0. The van der Waals surface area contributed by atoms with Gasteiger partial charge in [-0.2, -0.15) is 0 Å². The maximum Gasteiger partial charge on any atom is 0.251 e. The van der Waals surface area contributed by atoms with Gasteiger partial charge in [-0.15, -0.1) is 0 Å². The normalized spacial score (nSPS) is 15.0. The smallest absolute Gasteiger partial charge is 0.251 e. The van der Waals surface area contributed by atoms with Crippen molar-refractivity contribution in [2.45, 2.75) is 9.79 Å². The van der Waals surface area contributed by atoms with Gasteiger partial charge in [0.2, 0.25) is 0 Å². The number of benzene rings is 2. The van der Waals surface area contributed by atoms with Crippen molar-refractivity contribution in [3.63, 3.8) is 0 Å². The summed E-state index contributed by atoms with van der Waals surface area (Å²) in [6, 6.07) is 10.9. The van der Waals surface area contributed by atoms with E-state index in [4.69, 9.17) is 4.74 Å². The molecule has 1 saturated heterocycles. The molecule has 0 bridgehead atoms. The number of phenolic OH excluding ortho intramolecular Hbond substituents is 1. The first-order valence-electron chi connectivity index (χ1n) is 8.46. The van der Waals surface area contributed by atoms with Gasteiger partial charge in [0.05, 0.1) is 18.1 Å². The molecule has 138 valence electrons. The number of hydrogen-bond acceptors (Lipinski definition) is 5. The Bertz CT molecular complexity index is 749. The Hall–Kier alpha value is -2.09. The van der Waals surface area contributed by atoms with Gasteiger partial charge in [0, 0.05) is 36.6 Å². The molecule has 2 aromatic carbocycles. The lowest BCUT2D eigenvalue weighted by atomic mass is 10.2. The number of rotatable bonds is 6. The largest absolute Gasteiger partial charge is 0.507 e. The van der Waals surface area contributed by atoms with Crippen molar-refractivity contribution in [2.75, 3.05) is 39.4 Å². The van der Waals surface area contributed by atoms with E-state index in [0.717, 1.165) is 37.7 Å². The number of morpholine rings is 1. The van der Waals surface area contributed by atoms with Crippen LogP contribution in [0.2, 0.25) is 0 Å². The van der Waals surface area contributed by atoms with E-state index in [1.54, 1.807) is 24.3 Å². The van der Waals surface area contributed by atoms with E-state index in [1.807, 2.05) is 0 Å². The summed E-state index contributed by atoms with van der Waals surface area (Å²) in [5.41, 5.74) is 0.410. The van der Waals surface area contributed by atoms with Crippen molar-refractivity contribution < 1.29 is 19.0 Å². The number of ether oxygens (including phenoxy) is 1. The average Bonchev–Trinajstić information content (AvgIpc) is 2.66. The lowest BCUT2D eigenvalue weighted by Gasteiger charge is -2.26. The van der Waals surface area contributed by atoms with Crippen molar-refractivity contribution in [3.05, 3.63) is 53.8 Å². The van der Waals surface area contributed by atoms with E-state index in [1.165, 1.54) is 30.0 Å². The van der Waals surface area contributed by atoms with Gasteiger partial charge >= 0.3 is 0 Å². The Morgan fingerprint density at radius 1 is 1.19 bits per heavy atom. The second-order valence-corrected chi connectivity index (χ2v) is 7.06. The molecule has 0 unspecified atom stereocenters. The fourth-order valence-electron chi connectivity index (χ4n) is 2.63. The molecule has 1 aliphatic heterocycles. The van der Waals surface area contributed by atoms with Gasteiger partial charge in [-0.1, -0.05) is 11.8 Å². The molecule has 1 fully saturated rings. The molecular formula is C19H21FN2O3S. The Balaban J connectivity index is 1.54. The van der Waals surface area contributed by atoms with Crippen molar-refractivity contribution in [1.82, 2.24) is 10.2 Å². The molecule has 1 amide bonds. The zero-order valence-electron chi connectivity index (χ0n) is 14.3. The number of amides is 1. The summed E-state index contributed by atoms with van der Waals surface area (Å²) < 4.78 is 18.2. The van der Waals surface area contributed by atoms with Gasteiger partial charge in [0.1, 0.15) is 11.6 Å². The summed E-state index contributed by atoms with van der Waals surface area (Å²) in [5.74, 6) is -0.491. The maximum absolute atomic E-state index is 13.0. The van der Waals surface area contributed by atoms with Crippen molar-refractivity contribution in [1.29, 1.82) is 0 Å². The van der Waals surface area contributed by atoms with E-state index >= 15 is 0 Å². The Morgan fingerprint density at radius 3 is 2.62 bits per heavy atom. The Kier molecular flexibility index (Phi) is 6.49. The standard InChI is InChI=1S/C19H21FN2O3S/c20-15-2-4-16(5-3-15)26-18-6-1-14(13-17(18)23)19(24)21-7-8-22-9-11-25-12-10-22/h1-6,13,23H,7-12H2,(H,21,24). The summed E-state index contributed by atoms with van der Waals surface area (Å²) in [7, 11) is 0. The Labute approximate surface area is 156 Å². The van der Waals surface area contributed by atoms with Crippen LogP contribution in [-0.4, -0.2) is 55.3 Å². The third-order valence-electron chi connectivity index (χ3n) is 4.08. The maximum atomic E-state index is 13.0. The topological polar surface area (TPSA) is 61.8 Å². The second-order valence-electron chi connectivity index (χ2n) is 5.95. The first kappa shape index (κ1) is 18.7. The van der Waals surface area contributed by atoms with Crippen LogP contribution in [0, 0.1) is 5.82 Å². The summed E-state index contributed by atoms with van der Waals surface area (Å²) in [6.45, 7) is 4.55. The first-order chi connectivity index (χ1) is 12.6. The second kappa shape index (κ2) is 9.02. The SMILES string of the molecule is O=C(NCCN1CCOCC1)c1ccc(Sc2ccc(F)cc2)c(O)c1. The third-order valence-corrected chi connectivity index (χ3v) is 5.15. The van der Waals surface area contributed by atoms with Crippen molar-refractivity contribution >= 4 is 17.7 Å². The van der Waals surface area contributed by atoms with Crippen LogP contribution in [0.1, 0.15) is 10.4 Å². The monoisotopic (exact) mass is 376 g/mol. The molecule has 7 heteroatoms. The quantitative estimate of drug-likeness (QED) is 0.812. The summed E-state index contributed by atoms with van der Waals surface area (Å²) in [5, 5.41) is 13.1. The number of carbonyl (C=O) groups excluding carboxylic acids is 1. The number of phenols is 1. The van der Waals surface area contributed by atoms with Gasteiger partial charge in [-0.3, -0.25) is 9.69 Å². The molecule has 0 spiro atoms. The molecule has 0 saturated carbocycles. The fraction of sp³-hybridized carbons (Fsp3) is 0.316. The fourth-order valence-corrected chi connectivity index (χ4v) is 3.45. The number of aromatic hydroxyl groups is 1. The zero-order chi connectivity index (χ0) is 18.4. The molecule has 5 nitrogen and oxygen atoms in total. The van der Waals surface area contributed by atoms with Gasteiger partial charge in [-0.05, 0) is 42.5 Å². The number of carbonyl (C=O) groups is 1. The molecule has 3 rings (SSSR count). The molecule has 0 aromatic heterocycles. The van der Waals surface area contributed by atoms with Gasteiger partial charge in [-0.25, -0.2) is 4.39 Å². The highest BCUT2D eigenvalue weighted by Gasteiger charge is 2.12. The predicted molar refractivity (Wildman–Crippen MR) is 98.2 cm³/mol. The average molecular weight is 376 g/mol. The minimum absolute atomic E-state index is 0.0279. The lowest BCUT2D eigenvalue weighted by Crippen LogP contribution is -2.41. The molecule has 0 atom stereocenters. The van der Waals surface area contributed by atoms with Gasteiger partial charge in [0.25, 0.3) is 5.91 Å². The van der Waals surface area contributed by atoms with Gasteiger partial charge in [0.15, 0.2) is 0 Å². The number of nitrogens with zero attached hydrogens (tertiary/aromatic N) is 1. The van der Waals surface area contributed by atoms with Gasteiger partial charge < -0.3 is 15.2 Å². The number of hydrogen-bond donors (Lipinski definition) is 2. The predicted octanol–water partition coefficient (Wildman–Crippen LogP) is 2.74. The van der Waals surface area contributed by atoms with Crippen LogP contribution in [0.4, 0.5) is 4.39 Å². The molecule has 2 N–H and O–H groups in total. The van der Waals surface area contributed by atoms with Crippen molar-refractivity contribution in [2.24, 2.45) is 0 Å². The zero-order valence-corrected chi connectivity index (χ0v) is 15.1. The molecular weight excluding hydrogens is 355 g/mol. The van der Waals surface area contributed by atoms with E-state index in [0.29, 0.717) is 17.0 Å². The van der Waals surface area contributed by atoms with E-state index in [-0.39, 0.29) is 17.5 Å². The molecule has 1 aliphatic rings. The van der Waals surface area contributed by atoms with Crippen LogP contribution in [-0.2, 0) is 4.74 Å². The van der Waals surface area contributed by atoms with Crippen LogP contribution in [0.25, 0.3) is 0 Å². The van der Waals surface area contributed by atoms with Crippen LogP contribution >= 0.6 is 11.8 Å². The highest BCUT2D eigenvalue weighted by atomic mass is 32.2. The molecule has 0 aliphatic carbocycles. The van der Waals surface area contributed by atoms with E-state index in [2.05, 4.69) is 10.2 Å². The van der Waals surface area contributed by atoms with E-state index < -0.39 is 0 Å².